The molecule has 0 saturated heterocycles. The molecule has 0 saturated carbocycles. The molecule has 8 heteroatoms. The zero-order valence-corrected chi connectivity index (χ0v) is 36.5. The van der Waals surface area contributed by atoms with Crippen molar-refractivity contribution in [3.8, 4) is 0 Å². The minimum absolute atomic E-state index is 0.0168. The summed E-state index contributed by atoms with van der Waals surface area (Å²) < 4.78 is 11.0. The Hall–Kier alpha value is -2.06. The number of rotatable bonds is 40. The summed E-state index contributed by atoms with van der Waals surface area (Å²) in [6.07, 6.45) is 43.1. The van der Waals surface area contributed by atoms with E-state index < -0.39 is 0 Å². The zero-order chi connectivity index (χ0) is 39.6. The number of hydrogen-bond donors (Lipinski definition) is 0. The van der Waals surface area contributed by atoms with Crippen LogP contribution in [0.5, 0.6) is 0 Å². The third kappa shape index (κ3) is 39.6. The van der Waals surface area contributed by atoms with Crippen molar-refractivity contribution in [2.75, 3.05) is 58.4 Å². The first-order valence-electron chi connectivity index (χ1n) is 22.2. The van der Waals surface area contributed by atoms with Crippen molar-refractivity contribution in [1.29, 1.82) is 0 Å². The van der Waals surface area contributed by atoms with Crippen molar-refractivity contribution < 1.29 is 23.9 Å². The van der Waals surface area contributed by atoms with Crippen LogP contribution in [0.3, 0.4) is 0 Å². The summed E-state index contributed by atoms with van der Waals surface area (Å²) >= 11 is 1.59. The summed E-state index contributed by atoms with van der Waals surface area (Å²) in [6.45, 7) is 6.35. The van der Waals surface area contributed by atoms with Gasteiger partial charge in [-0.3, -0.25) is 14.4 Å². The molecule has 1 amide bonds. The molecule has 0 aromatic carbocycles. The van der Waals surface area contributed by atoms with E-state index in [4.69, 9.17) is 9.47 Å². The molecule has 54 heavy (non-hydrogen) atoms. The minimum Gasteiger partial charge on any atom is -0.464 e. The van der Waals surface area contributed by atoms with E-state index in [9.17, 15) is 14.4 Å². The van der Waals surface area contributed by atoms with Gasteiger partial charge in [-0.1, -0.05) is 134 Å². The highest BCUT2D eigenvalue weighted by atomic mass is 32.2. The van der Waals surface area contributed by atoms with E-state index in [-0.39, 0.29) is 31.1 Å². The Labute approximate surface area is 337 Å². The lowest BCUT2D eigenvalue weighted by atomic mass is 10.1. The van der Waals surface area contributed by atoms with Crippen LogP contribution in [0.2, 0.25) is 0 Å². The first-order valence-corrected chi connectivity index (χ1v) is 23.3. The fourth-order valence-electron chi connectivity index (χ4n) is 5.96. The smallest absolute Gasteiger partial charge is 0.305 e. The summed E-state index contributed by atoms with van der Waals surface area (Å²) in [5, 5.41) is 0. The second-order valence-electron chi connectivity index (χ2n) is 15.0. The minimum atomic E-state index is -0.208. The summed E-state index contributed by atoms with van der Waals surface area (Å²) in [5.41, 5.74) is 0. The second-order valence-corrected chi connectivity index (χ2v) is 16.1. The highest BCUT2D eigenvalue weighted by Crippen LogP contribution is 2.12. The third-order valence-electron chi connectivity index (χ3n) is 9.48. The standard InChI is InChI=1S/C46H84N2O5S/c1-5-7-9-11-13-15-17-19-21-23-25-27-29-31-33-35-45(50)52-40-37-48(44(49)43-54-42-39-47(3)4)38-41-53-46(51)36-34-32-30-28-26-24-22-20-18-16-14-12-10-8-6-2/h13,15,19-22H,5-12,14,16-18,23-43H2,1-4H3/b15-13-,21-19-,22-20-. The highest BCUT2D eigenvalue weighted by molar-refractivity contribution is 7.99. The van der Waals surface area contributed by atoms with Crippen molar-refractivity contribution in [3.05, 3.63) is 36.5 Å². The van der Waals surface area contributed by atoms with Crippen LogP contribution in [0.4, 0.5) is 0 Å². The zero-order valence-electron chi connectivity index (χ0n) is 35.6. The van der Waals surface area contributed by atoms with Crippen LogP contribution in [0, 0.1) is 0 Å². The molecule has 0 bridgehead atoms. The number of allylic oxidation sites excluding steroid dienone is 6. The van der Waals surface area contributed by atoms with Crippen molar-refractivity contribution in [2.24, 2.45) is 0 Å². The number of ether oxygens (including phenoxy) is 2. The Bertz CT molecular complexity index is 951. The second kappa shape index (κ2) is 42.1. The van der Waals surface area contributed by atoms with E-state index in [0.717, 1.165) is 70.1 Å². The first kappa shape index (κ1) is 51.9. The van der Waals surface area contributed by atoms with Crippen molar-refractivity contribution in [1.82, 2.24) is 9.80 Å². The number of thioether (sulfide) groups is 1. The molecule has 0 aliphatic rings. The molecule has 0 aliphatic carbocycles. The monoisotopic (exact) mass is 777 g/mol. The number of carbonyl (C=O) groups excluding carboxylic acids is 3. The molecule has 0 heterocycles. The topological polar surface area (TPSA) is 76.1 Å². The van der Waals surface area contributed by atoms with Gasteiger partial charge in [0.1, 0.15) is 13.2 Å². The van der Waals surface area contributed by atoms with E-state index in [1.165, 1.54) is 96.3 Å². The Kier molecular flexibility index (Phi) is 40.5. The predicted octanol–water partition coefficient (Wildman–Crippen LogP) is 12.0. The van der Waals surface area contributed by atoms with Crippen molar-refractivity contribution >= 4 is 29.6 Å². The van der Waals surface area contributed by atoms with Gasteiger partial charge in [0, 0.05) is 25.1 Å². The molecule has 0 spiro atoms. The van der Waals surface area contributed by atoms with Crippen molar-refractivity contribution in [3.63, 3.8) is 0 Å². The summed E-state index contributed by atoms with van der Waals surface area (Å²) in [7, 11) is 4.03. The quantitative estimate of drug-likeness (QED) is 0.0348. The van der Waals surface area contributed by atoms with Gasteiger partial charge in [0.25, 0.3) is 0 Å². The predicted molar refractivity (Wildman–Crippen MR) is 233 cm³/mol. The van der Waals surface area contributed by atoms with Crippen LogP contribution in [-0.4, -0.2) is 86.1 Å². The normalized spacial score (nSPS) is 11.8. The van der Waals surface area contributed by atoms with Crippen LogP contribution >= 0.6 is 11.8 Å². The highest BCUT2D eigenvalue weighted by Gasteiger charge is 2.16. The summed E-state index contributed by atoms with van der Waals surface area (Å²) in [5.74, 6) is 0.789. The number of carbonyl (C=O) groups is 3. The molecule has 0 aliphatic heterocycles. The number of nitrogens with zero attached hydrogens (tertiary/aromatic N) is 2. The molecular formula is C46H84N2O5S. The molecule has 0 aromatic heterocycles. The van der Waals surface area contributed by atoms with Gasteiger partial charge < -0.3 is 19.3 Å². The Balaban J connectivity index is 4.14. The maximum absolute atomic E-state index is 13.0. The number of amides is 1. The van der Waals surface area contributed by atoms with Gasteiger partial charge >= 0.3 is 11.9 Å². The average molecular weight is 777 g/mol. The van der Waals surface area contributed by atoms with Crippen LogP contribution < -0.4 is 0 Å². The van der Waals surface area contributed by atoms with Gasteiger partial charge in [0.05, 0.1) is 18.8 Å². The fourth-order valence-corrected chi connectivity index (χ4v) is 6.96. The van der Waals surface area contributed by atoms with Gasteiger partial charge in [-0.2, -0.15) is 11.8 Å². The Morgan fingerprint density at radius 1 is 0.500 bits per heavy atom. The number of esters is 2. The molecule has 7 nitrogen and oxygen atoms in total. The van der Waals surface area contributed by atoms with Crippen LogP contribution in [0.15, 0.2) is 36.5 Å². The molecule has 0 radical (unpaired) electrons. The molecule has 0 aromatic rings. The summed E-state index contributed by atoms with van der Waals surface area (Å²) in [4.78, 5) is 41.5. The first-order chi connectivity index (χ1) is 26.4. The third-order valence-corrected chi connectivity index (χ3v) is 10.4. The SMILES string of the molecule is CCCCC/C=C\C/C=C\CCCCCCCC(=O)OCCN(CCOC(=O)CCCCCCC/C=C\CCCCCCCC)C(=O)CSCCN(C)C. The molecule has 0 N–H and O–H groups in total. The van der Waals surface area contributed by atoms with Gasteiger partial charge in [-0.15, -0.1) is 0 Å². The molecule has 0 unspecified atom stereocenters. The lowest BCUT2D eigenvalue weighted by Crippen LogP contribution is -2.38. The largest absolute Gasteiger partial charge is 0.464 e. The van der Waals surface area contributed by atoms with Crippen molar-refractivity contribution in [2.45, 2.75) is 181 Å². The lowest BCUT2D eigenvalue weighted by molar-refractivity contribution is -0.147. The molecule has 0 rings (SSSR count). The fraction of sp³-hybridized carbons (Fsp3) is 0.804. The van der Waals surface area contributed by atoms with Crippen LogP contribution in [-0.2, 0) is 23.9 Å². The number of unbranched alkanes of at least 4 members (excludes halogenated alkanes) is 19. The Morgan fingerprint density at radius 2 is 0.889 bits per heavy atom. The maximum atomic E-state index is 13.0. The van der Waals surface area contributed by atoms with E-state index in [1.807, 2.05) is 14.1 Å². The van der Waals surface area contributed by atoms with E-state index >= 15 is 0 Å². The number of hydrogen-bond acceptors (Lipinski definition) is 7. The van der Waals surface area contributed by atoms with Crippen LogP contribution in [0.1, 0.15) is 181 Å². The average Bonchev–Trinajstić information content (AvgIpc) is 3.15. The van der Waals surface area contributed by atoms with E-state index in [2.05, 4.69) is 55.2 Å². The van der Waals surface area contributed by atoms with Gasteiger partial charge in [0.15, 0.2) is 0 Å². The van der Waals surface area contributed by atoms with Crippen LogP contribution in [0.25, 0.3) is 0 Å². The van der Waals surface area contributed by atoms with E-state index in [1.54, 1.807) is 16.7 Å². The lowest BCUT2D eigenvalue weighted by Gasteiger charge is -2.22. The van der Waals surface area contributed by atoms with E-state index in [0.29, 0.717) is 31.7 Å². The summed E-state index contributed by atoms with van der Waals surface area (Å²) in [6, 6.07) is 0. The molecule has 0 fully saturated rings. The molecule has 0 atom stereocenters. The maximum Gasteiger partial charge on any atom is 0.305 e. The van der Waals surface area contributed by atoms with Gasteiger partial charge in [-0.05, 0) is 84.7 Å². The Morgan fingerprint density at radius 3 is 1.35 bits per heavy atom. The molecular weight excluding hydrogens is 693 g/mol. The van der Waals surface area contributed by atoms with Gasteiger partial charge in [-0.25, -0.2) is 0 Å². The van der Waals surface area contributed by atoms with Gasteiger partial charge in [0.2, 0.25) is 5.91 Å². The molecule has 314 valence electrons.